The summed E-state index contributed by atoms with van der Waals surface area (Å²) in [7, 11) is 0. The molecule has 1 fully saturated rings. The minimum Gasteiger partial charge on any atom is -0.381 e. The molecule has 0 saturated carbocycles. The fourth-order valence-electron chi connectivity index (χ4n) is 2.93. The largest absolute Gasteiger partial charge is 0.381 e. The number of hydrogen-bond acceptors (Lipinski definition) is 2. The van der Waals surface area contributed by atoms with Crippen LogP contribution in [0.3, 0.4) is 0 Å². The van der Waals surface area contributed by atoms with Crippen LogP contribution in [0.4, 0.5) is 0 Å². The summed E-state index contributed by atoms with van der Waals surface area (Å²) in [5, 5.41) is 0. The van der Waals surface area contributed by atoms with Gasteiger partial charge in [-0.2, -0.15) is 0 Å². The van der Waals surface area contributed by atoms with Crippen molar-refractivity contribution in [3.8, 4) is 0 Å². The summed E-state index contributed by atoms with van der Waals surface area (Å²) in [4.78, 5) is 0. The van der Waals surface area contributed by atoms with E-state index in [1.165, 1.54) is 12.8 Å². The number of hydrogen-bond donors (Lipinski definition) is 1. The van der Waals surface area contributed by atoms with Crippen LogP contribution >= 0.6 is 0 Å². The van der Waals surface area contributed by atoms with Crippen molar-refractivity contribution in [2.45, 2.75) is 59.4 Å². The van der Waals surface area contributed by atoms with Gasteiger partial charge in [-0.25, -0.2) is 0 Å². The highest BCUT2D eigenvalue weighted by Gasteiger charge is 2.24. The first kappa shape index (κ1) is 14.0. The van der Waals surface area contributed by atoms with Gasteiger partial charge in [0.05, 0.1) is 0 Å². The van der Waals surface area contributed by atoms with E-state index in [1.54, 1.807) is 0 Å². The SMILES string of the molecule is CC(CC(N)C1CCOCC1)CC(C)(C)C. The maximum atomic E-state index is 6.31. The van der Waals surface area contributed by atoms with Crippen LogP contribution < -0.4 is 5.73 Å². The highest BCUT2D eigenvalue weighted by molar-refractivity contribution is 4.78. The van der Waals surface area contributed by atoms with Crippen molar-refractivity contribution in [1.29, 1.82) is 0 Å². The second kappa shape index (κ2) is 6.02. The monoisotopic (exact) mass is 227 g/mol. The molecule has 1 heterocycles. The van der Waals surface area contributed by atoms with Gasteiger partial charge in [-0.3, -0.25) is 0 Å². The third kappa shape index (κ3) is 5.31. The van der Waals surface area contributed by atoms with Crippen LogP contribution in [0.2, 0.25) is 0 Å². The van der Waals surface area contributed by atoms with E-state index in [-0.39, 0.29) is 0 Å². The minimum atomic E-state index is 0.376. The van der Waals surface area contributed by atoms with Crippen molar-refractivity contribution in [1.82, 2.24) is 0 Å². The smallest absolute Gasteiger partial charge is 0.0469 e. The summed E-state index contributed by atoms with van der Waals surface area (Å²) >= 11 is 0. The molecule has 2 atom stereocenters. The first-order valence-electron chi connectivity index (χ1n) is 6.72. The molecule has 16 heavy (non-hydrogen) atoms. The van der Waals surface area contributed by atoms with Crippen LogP contribution in [0.15, 0.2) is 0 Å². The molecule has 1 aliphatic rings. The molecule has 0 aromatic carbocycles. The Morgan fingerprint density at radius 2 is 1.81 bits per heavy atom. The predicted octanol–water partition coefficient (Wildman–Crippen LogP) is 3.20. The molecule has 0 amide bonds. The Morgan fingerprint density at radius 3 is 2.31 bits per heavy atom. The average molecular weight is 227 g/mol. The predicted molar refractivity (Wildman–Crippen MR) is 69.4 cm³/mol. The van der Waals surface area contributed by atoms with Gasteiger partial charge in [-0.1, -0.05) is 27.7 Å². The van der Waals surface area contributed by atoms with Gasteiger partial charge < -0.3 is 10.5 Å². The van der Waals surface area contributed by atoms with Crippen molar-refractivity contribution in [3.63, 3.8) is 0 Å². The molecule has 1 rings (SSSR count). The molecule has 96 valence electrons. The van der Waals surface area contributed by atoms with Crippen molar-refractivity contribution in [2.75, 3.05) is 13.2 Å². The van der Waals surface area contributed by atoms with Gasteiger partial charge in [0.25, 0.3) is 0 Å². The van der Waals surface area contributed by atoms with Gasteiger partial charge in [-0.05, 0) is 42.9 Å². The molecule has 0 aliphatic carbocycles. The summed E-state index contributed by atoms with van der Waals surface area (Å²) < 4.78 is 5.38. The van der Waals surface area contributed by atoms with Crippen molar-refractivity contribution < 1.29 is 4.74 Å². The molecule has 0 aromatic rings. The fourth-order valence-corrected chi connectivity index (χ4v) is 2.93. The lowest BCUT2D eigenvalue weighted by molar-refractivity contribution is 0.0550. The highest BCUT2D eigenvalue weighted by atomic mass is 16.5. The van der Waals surface area contributed by atoms with E-state index in [4.69, 9.17) is 10.5 Å². The maximum absolute atomic E-state index is 6.31. The van der Waals surface area contributed by atoms with Crippen molar-refractivity contribution >= 4 is 0 Å². The Hall–Kier alpha value is -0.0800. The molecule has 0 spiro atoms. The van der Waals surface area contributed by atoms with Crippen molar-refractivity contribution in [2.24, 2.45) is 23.0 Å². The molecule has 1 aliphatic heterocycles. The Bertz CT molecular complexity index is 191. The van der Waals surface area contributed by atoms with Crippen LogP contribution in [0, 0.1) is 17.3 Å². The maximum Gasteiger partial charge on any atom is 0.0469 e. The molecule has 1 saturated heterocycles. The van der Waals surface area contributed by atoms with Crippen LogP contribution in [-0.2, 0) is 4.74 Å². The lowest BCUT2D eigenvalue weighted by atomic mass is 9.80. The quantitative estimate of drug-likeness (QED) is 0.800. The molecule has 2 nitrogen and oxygen atoms in total. The fraction of sp³-hybridized carbons (Fsp3) is 1.00. The van der Waals surface area contributed by atoms with Gasteiger partial charge in [0, 0.05) is 19.3 Å². The zero-order valence-electron chi connectivity index (χ0n) is 11.5. The molecular formula is C14H29NO. The van der Waals surface area contributed by atoms with Crippen molar-refractivity contribution in [3.05, 3.63) is 0 Å². The van der Waals surface area contributed by atoms with Gasteiger partial charge in [0.1, 0.15) is 0 Å². The Morgan fingerprint density at radius 1 is 1.25 bits per heavy atom. The lowest BCUT2D eigenvalue weighted by Gasteiger charge is -2.31. The van der Waals surface area contributed by atoms with E-state index in [0.717, 1.165) is 32.0 Å². The van der Waals surface area contributed by atoms with E-state index in [2.05, 4.69) is 27.7 Å². The second-order valence-electron chi connectivity index (χ2n) is 6.72. The topological polar surface area (TPSA) is 35.2 Å². The van der Waals surface area contributed by atoms with Crippen LogP contribution in [0.1, 0.15) is 53.4 Å². The second-order valence-corrected chi connectivity index (χ2v) is 6.72. The summed E-state index contributed by atoms with van der Waals surface area (Å²) in [5.41, 5.74) is 6.74. The number of nitrogens with two attached hydrogens (primary N) is 1. The molecule has 2 heteroatoms. The minimum absolute atomic E-state index is 0.376. The van der Waals surface area contributed by atoms with Gasteiger partial charge in [-0.15, -0.1) is 0 Å². The summed E-state index contributed by atoms with van der Waals surface area (Å²) in [6.07, 6.45) is 4.75. The third-order valence-electron chi connectivity index (χ3n) is 3.51. The van der Waals surface area contributed by atoms with E-state index in [9.17, 15) is 0 Å². The first-order chi connectivity index (χ1) is 7.38. The third-order valence-corrected chi connectivity index (χ3v) is 3.51. The van der Waals surface area contributed by atoms with Crippen LogP contribution in [-0.4, -0.2) is 19.3 Å². The molecular weight excluding hydrogens is 198 g/mol. The van der Waals surface area contributed by atoms with Gasteiger partial charge in [0.2, 0.25) is 0 Å². The summed E-state index contributed by atoms with van der Waals surface area (Å²) in [5.74, 6) is 1.43. The highest BCUT2D eigenvalue weighted by Crippen LogP contribution is 2.29. The van der Waals surface area contributed by atoms with Crippen LogP contribution in [0.25, 0.3) is 0 Å². The zero-order chi connectivity index (χ0) is 12.2. The van der Waals surface area contributed by atoms with Crippen LogP contribution in [0.5, 0.6) is 0 Å². The molecule has 2 N–H and O–H groups in total. The van der Waals surface area contributed by atoms with Gasteiger partial charge >= 0.3 is 0 Å². The summed E-state index contributed by atoms with van der Waals surface area (Å²) in [6.45, 7) is 11.1. The number of ether oxygens (including phenoxy) is 1. The van der Waals surface area contributed by atoms with E-state index in [1.807, 2.05) is 0 Å². The standard InChI is InChI=1S/C14H29NO/c1-11(10-14(2,3)4)9-13(15)12-5-7-16-8-6-12/h11-13H,5-10,15H2,1-4H3. The molecule has 2 unspecified atom stereocenters. The summed E-state index contributed by atoms with van der Waals surface area (Å²) in [6, 6.07) is 0.376. The van der Waals surface area contributed by atoms with Gasteiger partial charge in [0.15, 0.2) is 0 Å². The van der Waals surface area contributed by atoms with E-state index < -0.39 is 0 Å². The average Bonchev–Trinajstić information content (AvgIpc) is 2.16. The molecule has 0 radical (unpaired) electrons. The normalized spacial score (nSPS) is 23.1. The molecule has 0 bridgehead atoms. The first-order valence-corrected chi connectivity index (χ1v) is 6.72. The zero-order valence-corrected chi connectivity index (χ0v) is 11.5. The Labute approximate surface area is 101 Å². The Balaban J connectivity index is 2.29. The van der Waals surface area contributed by atoms with E-state index >= 15 is 0 Å². The Kier molecular flexibility index (Phi) is 5.26. The van der Waals surface area contributed by atoms with E-state index in [0.29, 0.717) is 17.4 Å². The molecule has 0 aromatic heterocycles. The number of rotatable bonds is 4. The lowest BCUT2D eigenvalue weighted by Crippen LogP contribution is -2.36.